The zero-order valence-electron chi connectivity index (χ0n) is 10.1. The molecule has 4 nitrogen and oxygen atoms in total. The van der Waals surface area contributed by atoms with Crippen molar-refractivity contribution < 1.29 is 4.74 Å². The van der Waals surface area contributed by atoms with Gasteiger partial charge in [-0.2, -0.15) is 5.10 Å². The van der Waals surface area contributed by atoms with Gasteiger partial charge in [-0.05, 0) is 35.0 Å². The highest BCUT2D eigenvalue weighted by Crippen LogP contribution is 2.32. The molecule has 1 heterocycles. The lowest BCUT2D eigenvalue weighted by molar-refractivity contribution is 0.296. The molecule has 0 radical (unpaired) electrons. The third-order valence-electron chi connectivity index (χ3n) is 2.61. The average Bonchev–Trinajstić information content (AvgIpc) is 2.54. The number of hydrogen-bond donors (Lipinski definition) is 1. The molecule has 0 spiro atoms. The van der Waals surface area contributed by atoms with Gasteiger partial charge < -0.3 is 10.5 Å². The number of anilines is 1. The maximum Gasteiger partial charge on any atom is 0.161 e. The number of nitrogen functional groups attached to an aromatic ring is 1. The predicted molar refractivity (Wildman–Crippen MR) is 75.8 cm³/mol. The second-order valence-electron chi connectivity index (χ2n) is 3.92. The van der Waals surface area contributed by atoms with E-state index < -0.39 is 0 Å². The minimum absolute atomic E-state index is 0.353. The van der Waals surface area contributed by atoms with Crippen molar-refractivity contribution >= 4 is 33.2 Å². The minimum Gasteiger partial charge on any atom is -0.484 e. The van der Waals surface area contributed by atoms with Crippen LogP contribution in [0.3, 0.4) is 0 Å². The summed E-state index contributed by atoms with van der Waals surface area (Å²) in [6.45, 7) is 2.28. The summed E-state index contributed by atoms with van der Waals surface area (Å²) < 4.78 is 8.39. The normalized spacial score (nSPS) is 10.7. The molecule has 18 heavy (non-hydrogen) atoms. The van der Waals surface area contributed by atoms with Crippen LogP contribution in [0.15, 0.2) is 22.7 Å². The van der Waals surface area contributed by atoms with Crippen molar-refractivity contribution in [3.05, 3.63) is 39.1 Å². The van der Waals surface area contributed by atoms with Crippen molar-refractivity contribution in [3.63, 3.8) is 0 Å². The van der Waals surface area contributed by atoms with Crippen molar-refractivity contribution in [2.24, 2.45) is 7.05 Å². The van der Waals surface area contributed by atoms with Gasteiger partial charge in [0.1, 0.15) is 6.61 Å². The van der Waals surface area contributed by atoms with E-state index in [2.05, 4.69) is 21.0 Å². The molecule has 1 aromatic carbocycles. The zero-order valence-corrected chi connectivity index (χ0v) is 12.4. The number of aromatic nitrogens is 2. The summed E-state index contributed by atoms with van der Waals surface area (Å²) in [4.78, 5) is 0. The molecule has 0 saturated carbocycles. The van der Waals surface area contributed by atoms with E-state index in [1.165, 1.54) is 0 Å². The Balaban J connectivity index is 2.22. The molecule has 96 valence electrons. The number of nitrogens with two attached hydrogens (primary N) is 1. The van der Waals surface area contributed by atoms with Gasteiger partial charge in [0, 0.05) is 7.05 Å². The number of rotatable bonds is 3. The van der Waals surface area contributed by atoms with Crippen LogP contribution in [-0.4, -0.2) is 9.78 Å². The van der Waals surface area contributed by atoms with Gasteiger partial charge in [0.15, 0.2) is 5.75 Å². The van der Waals surface area contributed by atoms with Crippen molar-refractivity contribution in [2.75, 3.05) is 5.73 Å². The molecule has 0 bridgehead atoms. The largest absolute Gasteiger partial charge is 0.484 e. The van der Waals surface area contributed by atoms with Crippen LogP contribution in [0.2, 0.25) is 5.02 Å². The molecule has 2 aromatic rings. The fourth-order valence-corrected chi connectivity index (χ4v) is 2.34. The molecule has 0 unspecified atom stereocenters. The maximum absolute atomic E-state index is 6.04. The second kappa shape index (κ2) is 5.20. The zero-order chi connectivity index (χ0) is 13.3. The van der Waals surface area contributed by atoms with Crippen molar-refractivity contribution in [2.45, 2.75) is 13.5 Å². The third-order valence-corrected chi connectivity index (χ3v) is 3.94. The van der Waals surface area contributed by atoms with Gasteiger partial charge in [-0.3, -0.25) is 4.68 Å². The van der Waals surface area contributed by atoms with Gasteiger partial charge in [0.2, 0.25) is 0 Å². The first-order chi connectivity index (χ1) is 8.50. The Kier molecular flexibility index (Phi) is 3.82. The molecule has 2 rings (SSSR count). The molecule has 1 aromatic heterocycles. The van der Waals surface area contributed by atoms with Gasteiger partial charge >= 0.3 is 0 Å². The Morgan fingerprint density at radius 3 is 2.78 bits per heavy atom. The Morgan fingerprint density at radius 1 is 1.50 bits per heavy atom. The summed E-state index contributed by atoms with van der Waals surface area (Å²) in [7, 11) is 1.87. The molecule has 0 amide bonds. The first kappa shape index (κ1) is 13.2. The number of ether oxygens (including phenoxy) is 1. The van der Waals surface area contributed by atoms with Crippen LogP contribution in [0.5, 0.6) is 5.75 Å². The molecule has 0 aliphatic heterocycles. The van der Waals surface area contributed by atoms with Crippen LogP contribution in [0, 0.1) is 6.92 Å². The number of nitrogens with zero attached hydrogens (tertiary/aromatic N) is 2. The number of hydrogen-bond acceptors (Lipinski definition) is 3. The smallest absolute Gasteiger partial charge is 0.161 e. The quantitative estimate of drug-likeness (QED) is 0.879. The van der Waals surface area contributed by atoms with E-state index >= 15 is 0 Å². The van der Waals surface area contributed by atoms with Gasteiger partial charge in [-0.25, -0.2) is 0 Å². The summed E-state index contributed by atoms with van der Waals surface area (Å²) in [6, 6.07) is 5.29. The lowest BCUT2D eigenvalue weighted by atomic mass is 10.3. The van der Waals surface area contributed by atoms with Crippen LogP contribution >= 0.6 is 27.5 Å². The molecule has 6 heteroatoms. The van der Waals surface area contributed by atoms with Crippen molar-refractivity contribution in [1.29, 1.82) is 0 Å². The number of halogens is 2. The lowest BCUT2D eigenvalue weighted by Crippen LogP contribution is -2.05. The summed E-state index contributed by atoms with van der Waals surface area (Å²) >= 11 is 9.53. The van der Waals surface area contributed by atoms with E-state index in [9.17, 15) is 0 Å². The third kappa shape index (κ3) is 2.47. The Labute approximate surface area is 119 Å². The average molecular weight is 331 g/mol. The fourth-order valence-electron chi connectivity index (χ4n) is 1.66. The van der Waals surface area contributed by atoms with Gasteiger partial charge in [-0.1, -0.05) is 17.7 Å². The van der Waals surface area contributed by atoms with Crippen LogP contribution in [0.4, 0.5) is 5.69 Å². The van der Waals surface area contributed by atoms with Gasteiger partial charge in [-0.15, -0.1) is 0 Å². The summed E-state index contributed by atoms with van der Waals surface area (Å²) in [5.41, 5.74) is 8.21. The monoisotopic (exact) mass is 329 g/mol. The second-order valence-corrected chi connectivity index (χ2v) is 5.12. The van der Waals surface area contributed by atoms with Crippen LogP contribution in [-0.2, 0) is 13.7 Å². The molecule has 0 atom stereocenters. The van der Waals surface area contributed by atoms with E-state index in [0.717, 1.165) is 15.9 Å². The lowest BCUT2D eigenvalue weighted by Gasteiger charge is -2.10. The van der Waals surface area contributed by atoms with Crippen LogP contribution in [0.1, 0.15) is 11.4 Å². The van der Waals surface area contributed by atoms with Gasteiger partial charge in [0.05, 0.1) is 26.6 Å². The number of para-hydroxylation sites is 1. The number of aryl methyl sites for hydroxylation is 2. The highest BCUT2D eigenvalue weighted by molar-refractivity contribution is 9.10. The Bertz CT molecular complexity index is 563. The van der Waals surface area contributed by atoms with E-state index in [1.54, 1.807) is 22.9 Å². The first-order valence-corrected chi connectivity index (χ1v) is 6.52. The standard InChI is InChI=1S/C12H13BrClN3O/c1-7-11(13)10(17(2)16-7)6-18-12-8(14)4-3-5-9(12)15/h3-5H,6,15H2,1-2H3. The van der Waals surface area contributed by atoms with E-state index in [-0.39, 0.29) is 0 Å². The number of benzene rings is 1. The van der Waals surface area contributed by atoms with Crippen LogP contribution in [0.25, 0.3) is 0 Å². The highest BCUT2D eigenvalue weighted by Gasteiger charge is 2.13. The van der Waals surface area contributed by atoms with E-state index in [1.807, 2.05) is 14.0 Å². The molecular formula is C12H13BrClN3O. The summed E-state index contributed by atoms with van der Waals surface area (Å²) in [6.07, 6.45) is 0. The highest BCUT2D eigenvalue weighted by atomic mass is 79.9. The molecule has 0 aliphatic carbocycles. The summed E-state index contributed by atoms with van der Waals surface area (Å²) in [5, 5.41) is 4.80. The maximum atomic E-state index is 6.04. The SMILES string of the molecule is Cc1nn(C)c(COc2c(N)cccc2Cl)c1Br. The molecule has 2 N–H and O–H groups in total. The van der Waals surface area contributed by atoms with E-state index in [4.69, 9.17) is 22.1 Å². The van der Waals surface area contributed by atoms with Crippen molar-refractivity contribution in [3.8, 4) is 5.75 Å². The summed E-state index contributed by atoms with van der Waals surface area (Å²) in [5.74, 6) is 0.505. The molecule has 0 fully saturated rings. The predicted octanol–water partition coefficient (Wildman–Crippen LogP) is 3.31. The molecule has 0 aliphatic rings. The van der Waals surface area contributed by atoms with Gasteiger partial charge in [0.25, 0.3) is 0 Å². The molecular weight excluding hydrogens is 318 g/mol. The first-order valence-electron chi connectivity index (χ1n) is 5.35. The van der Waals surface area contributed by atoms with E-state index in [0.29, 0.717) is 23.1 Å². The minimum atomic E-state index is 0.353. The Morgan fingerprint density at radius 2 is 2.22 bits per heavy atom. The fraction of sp³-hybridized carbons (Fsp3) is 0.250. The topological polar surface area (TPSA) is 53.1 Å². The molecule has 0 saturated heterocycles. The van der Waals surface area contributed by atoms with Crippen molar-refractivity contribution in [1.82, 2.24) is 9.78 Å². The van der Waals surface area contributed by atoms with Crippen LogP contribution < -0.4 is 10.5 Å². The Hall–Kier alpha value is -1.20.